The van der Waals surface area contributed by atoms with Crippen LogP contribution in [-0.4, -0.2) is 47.2 Å². The minimum absolute atomic E-state index is 0.190. The van der Waals surface area contributed by atoms with Crippen molar-refractivity contribution in [3.05, 3.63) is 64.3 Å². The molecule has 2 aromatic heterocycles. The lowest BCUT2D eigenvalue weighted by Gasteiger charge is -2.07. The second-order valence-electron chi connectivity index (χ2n) is 7.57. The molecule has 11 heteroatoms. The summed E-state index contributed by atoms with van der Waals surface area (Å²) < 4.78 is 23.3. The monoisotopic (exact) mass is 497 g/mol. The zero-order chi connectivity index (χ0) is 25.1. The van der Waals surface area contributed by atoms with Crippen LogP contribution in [0.5, 0.6) is 17.2 Å². The van der Waals surface area contributed by atoms with Gasteiger partial charge in [-0.1, -0.05) is 16.8 Å². The third-order valence-electron chi connectivity index (χ3n) is 5.44. The van der Waals surface area contributed by atoms with Crippen LogP contribution in [0, 0.1) is 13.8 Å². The zero-order valence-electron chi connectivity index (χ0n) is 19.9. The van der Waals surface area contributed by atoms with Gasteiger partial charge in [-0.3, -0.25) is 4.79 Å². The molecule has 0 fully saturated rings. The number of ether oxygens (including phenoxy) is 3. The van der Waals surface area contributed by atoms with Gasteiger partial charge in [-0.2, -0.15) is 0 Å². The van der Waals surface area contributed by atoms with Crippen molar-refractivity contribution < 1.29 is 23.4 Å². The highest BCUT2D eigenvalue weighted by atomic mass is 35.5. The molecule has 0 radical (unpaired) electrons. The van der Waals surface area contributed by atoms with Crippen molar-refractivity contribution in [3.8, 4) is 28.7 Å². The number of nitrogens with zero attached hydrogens (tertiary/aromatic N) is 4. The number of aromatic nitrogens is 4. The van der Waals surface area contributed by atoms with Crippen LogP contribution in [0.4, 0.5) is 5.69 Å². The lowest BCUT2D eigenvalue weighted by Crippen LogP contribution is -2.14. The Labute approximate surface area is 206 Å². The molecule has 0 unspecified atom stereocenters. The topological polar surface area (TPSA) is 114 Å². The van der Waals surface area contributed by atoms with E-state index in [-0.39, 0.29) is 12.2 Å². The molecule has 1 amide bonds. The first-order valence-corrected chi connectivity index (χ1v) is 11.0. The minimum atomic E-state index is -0.407. The minimum Gasteiger partial charge on any atom is -0.497 e. The Hall–Kier alpha value is -4.05. The summed E-state index contributed by atoms with van der Waals surface area (Å²) in [5.74, 6) is 2.37. The number of carbonyl (C=O) groups is 1. The number of oxazole rings is 1. The molecule has 0 saturated carbocycles. The van der Waals surface area contributed by atoms with Gasteiger partial charge < -0.3 is 23.9 Å². The fourth-order valence-corrected chi connectivity index (χ4v) is 3.72. The second kappa shape index (κ2) is 10.1. The third kappa shape index (κ3) is 4.92. The van der Waals surface area contributed by atoms with Gasteiger partial charge in [0, 0.05) is 11.8 Å². The molecule has 10 nitrogen and oxygen atoms in total. The molecule has 0 aliphatic rings. The molecule has 0 aliphatic carbocycles. The van der Waals surface area contributed by atoms with Crippen molar-refractivity contribution in [2.45, 2.75) is 20.4 Å². The van der Waals surface area contributed by atoms with E-state index < -0.39 is 5.91 Å². The van der Waals surface area contributed by atoms with Crippen molar-refractivity contribution in [2.24, 2.45) is 0 Å². The molecule has 182 valence electrons. The molecule has 0 bridgehead atoms. The number of aryl methyl sites for hydroxylation is 1. The summed E-state index contributed by atoms with van der Waals surface area (Å²) in [5.41, 5.74) is 2.62. The number of hydrogen-bond donors (Lipinski definition) is 1. The molecule has 35 heavy (non-hydrogen) atoms. The summed E-state index contributed by atoms with van der Waals surface area (Å²) in [6.07, 6.45) is 0. The normalized spacial score (nSPS) is 10.8. The first kappa shape index (κ1) is 24.1. The standard InChI is InChI=1S/C24H24ClN5O5/c1-13-22(23(31)26-15-6-9-20(33-4)18(25)10-15)28-29-30(13)12-19-14(2)35-24(27-19)17-8-7-16(32-3)11-21(17)34-5/h6-11H,12H2,1-5H3,(H,26,31). The van der Waals surface area contributed by atoms with Gasteiger partial charge in [-0.25, -0.2) is 9.67 Å². The number of benzene rings is 2. The first-order chi connectivity index (χ1) is 16.8. The molecule has 0 atom stereocenters. The summed E-state index contributed by atoms with van der Waals surface area (Å²) >= 11 is 6.14. The summed E-state index contributed by atoms with van der Waals surface area (Å²) in [4.78, 5) is 17.4. The molecule has 2 heterocycles. The van der Waals surface area contributed by atoms with E-state index in [1.165, 1.54) is 7.11 Å². The zero-order valence-corrected chi connectivity index (χ0v) is 20.6. The van der Waals surface area contributed by atoms with E-state index in [0.717, 1.165) is 0 Å². The molecule has 0 saturated heterocycles. The largest absolute Gasteiger partial charge is 0.497 e. The summed E-state index contributed by atoms with van der Waals surface area (Å²) in [7, 11) is 4.68. The van der Waals surface area contributed by atoms with E-state index in [2.05, 4.69) is 20.6 Å². The number of methoxy groups -OCH3 is 3. The average Bonchev–Trinajstić information content (AvgIpc) is 3.41. The van der Waals surface area contributed by atoms with Crippen molar-refractivity contribution in [1.29, 1.82) is 0 Å². The van der Waals surface area contributed by atoms with E-state index in [0.29, 0.717) is 56.6 Å². The van der Waals surface area contributed by atoms with E-state index in [1.807, 2.05) is 13.0 Å². The third-order valence-corrected chi connectivity index (χ3v) is 5.73. The SMILES string of the molecule is COc1ccc(-c2nc(Cn3nnc(C(=O)Nc4ccc(OC)c(Cl)c4)c3C)c(C)o2)c(OC)c1. The predicted octanol–water partition coefficient (Wildman–Crippen LogP) is 4.53. The lowest BCUT2D eigenvalue weighted by molar-refractivity contribution is 0.102. The van der Waals surface area contributed by atoms with Crippen LogP contribution in [0.1, 0.15) is 27.6 Å². The van der Waals surface area contributed by atoms with Crippen LogP contribution in [0.15, 0.2) is 40.8 Å². The highest BCUT2D eigenvalue weighted by molar-refractivity contribution is 6.32. The van der Waals surface area contributed by atoms with Crippen molar-refractivity contribution >= 4 is 23.2 Å². The van der Waals surface area contributed by atoms with Gasteiger partial charge in [0.15, 0.2) is 5.69 Å². The van der Waals surface area contributed by atoms with Gasteiger partial charge >= 0.3 is 0 Å². The van der Waals surface area contributed by atoms with Gasteiger partial charge in [0.05, 0.1) is 44.2 Å². The highest BCUT2D eigenvalue weighted by Gasteiger charge is 2.21. The Bertz CT molecular complexity index is 1380. The van der Waals surface area contributed by atoms with E-state index in [1.54, 1.807) is 56.2 Å². The van der Waals surface area contributed by atoms with Crippen LogP contribution >= 0.6 is 11.6 Å². The summed E-state index contributed by atoms with van der Waals surface area (Å²) in [5, 5.41) is 11.4. The Balaban J connectivity index is 1.54. The quantitative estimate of drug-likeness (QED) is 0.377. The molecular weight excluding hydrogens is 474 g/mol. The summed E-state index contributed by atoms with van der Waals surface area (Å²) in [6, 6.07) is 10.4. The molecule has 0 spiro atoms. The van der Waals surface area contributed by atoms with Crippen molar-refractivity contribution in [2.75, 3.05) is 26.6 Å². The van der Waals surface area contributed by atoms with Crippen LogP contribution in [0.3, 0.4) is 0 Å². The number of carbonyl (C=O) groups excluding carboxylic acids is 1. The molecule has 4 aromatic rings. The van der Waals surface area contributed by atoms with Gasteiger partial charge in [0.25, 0.3) is 5.91 Å². The Morgan fingerprint density at radius 3 is 2.51 bits per heavy atom. The fraction of sp³-hybridized carbons (Fsp3) is 0.250. The number of amides is 1. The van der Waals surface area contributed by atoms with E-state index >= 15 is 0 Å². The van der Waals surface area contributed by atoms with Crippen molar-refractivity contribution in [3.63, 3.8) is 0 Å². The highest BCUT2D eigenvalue weighted by Crippen LogP contribution is 2.34. The van der Waals surface area contributed by atoms with Crippen LogP contribution in [0.2, 0.25) is 5.02 Å². The molecule has 0 aliphatic heterocycles. The molecule has 4 rings (SSSR count). The van der Waals surface area contributed by atoms with Crippen molar-refractivity contribution in [1.82, 2.24) is 20.0 Å². The van der Waals surface area contributed by atoms with Crippen LogP contribution in [-0.2, 0) is 6.54 Å². The van der Waals surface area contributed by atoms with Gasteiger partial charge in [-0.15, -0.1) is 5.10 Å². The molecule has 2 aromatic carbocycles. The van der Waals surface area contributed by atoms with Crippen LogP contribution < -0.4 is 19.5 Å². The predicted molar refractivity (Wildman–Crippen MR) is 130 cm³/mol. The maximum Gasteiger partial charge on any atom is 0.278 e. The van der Waals surface area contributed by atoms with Gasteiger partial charge in [0.2, 0.25) is 5.89 Å². The Kier molecular flexibility index (Phi) is 6.92. The number of nitrogens with one attached hydrogen (secondary N) is 1. The van der Waals surface area contributed by atoms with E-state index in [4.69, 9.17) is 30.2 Å². The smallest absolute Gasteiger partial charge is 0.278 e. The fourth-order valence-electron chi connectivity index (χ4n) is 3.46. The lowest BCUT2D eigenvalue weighted by atomic mass is 10.2. The Morgan fingerprint density at radius 1 is 1.06 bits per heavy atom. The number of hydrogen-bond acceptors (Lipinski definition) is 8. The maximum atomic E-state index is 12.8. The second-order valence-corrected chi connectivity index (χ2v) is 7.98. The van der Waals surface area contributed by atoms with E-state index in [9.17, 15) is 4.79 Å². The maximum absolute atomic E-state index is 12.8. The van der Waals surface area contributed by atoms with Crippen LogP contribution in [0.25, 0.3) is 11.5 Å². The van der Waals surface area contributed by atoms with Gasteiger partial charge in [-0.05, 0) is 44.2 Å². The average molecular weight is 498 g/mol. The number of halogens is 1. The van der Waals surface area contributed by atoms with Gasteiger partial charge in [0.1, 0.15) is 28.7 Å². The number of anilines is 1. The first-order valence-electron chi connectivity index (χ1n) is 10.6. The number of rotatable bonds is 8. The molecule has 1 N–H and O–H groups in total. The summed E-state index contributed by atoms with van der Waals surface area (Å²) in [6.45, 7) is 3.85. The molecular formula is C24H24ClN5O5. The Morgan fingerprint density at radius 2 is 1.83 bits per heavy atom.